The zero-order valence-electron chi connectivity index (χ0n) is 11.1. The number of aliphatic hydroxyl groups excluding tert-OH is 1. The summed E-state index contributed by atoms with van der Waals surface area (Å²) in [5.41, 5.74) is -0.0534. The van der Waals surface area contributed by atoms with Crippen molar-refractivity contribution in [3.05, 3.63) is 27.2 Å². The fraction of sp³-hybridized carbons (Fsp3) is 0.538. The molecule has 0 radical (unpaired) electrons. The van der Waals surface area contributed by atoms with E-state index in [1.54, 1.807) is 0 Å². The zero-order valence-corrected chi connectivity index (χ0v) is 13.4. The first-order valence-electron chi connectivity index (χ1n) is 5.89. The van der Waals surface area contributed by atoms with Crippen molar-refractivity contribution in [2.45, 2.75) is 32.4 Å². The highest BCUT2D eigenvalue weighted by molar-refractivity contribution is 6.43. The molecule has 19 heavy (non-hydrogen) atoms. The van der Waals surface area contributed by atoms with Crippen LogP contribution in [0.5, 0.6) is 5.75 Å². The highest BCUT2D eigenvalue weighted by Crippen LogP contribution is 2.33. The molecular formula is C13H18Cl3NO2. The normalized spacial score (nSPS) is 13.4. The van der Waals surface area contributed by atoms with Crippen LogP contribution in [-0.2, 0) is 0 Å². The van der Waals surface area contributed by atoms with E-state index in [0.717, 1.165) is 0 Å². The van der Waals surface area contributed by atoms with Gasteiger partial charge in [0, 0.05) is 18.2 Å². The Labute approximate surface area is 128 Å². The smallest absolute Gasteiger partial charge is 0.139 e. The maximum atomic E-state index is 9.80. The van der Waals surface area contributed by atoms with Gasteiger partial charge in [0.2, 0.25) is 0 Å². The summed E-state index contributed by atoms with van der Waals surface area (Å²) < 4.78 is 5.43. The van der Waals surface area contributed by atoms with E-state index in [1.807, 2.05) is 20.8 Å². The molecule has 0 spiro atoms. The molecule has 1 aromatic rings. The molecule has 2 N–H and O–H groups in total. The van der Waals surface area contributed by atoms with Gasteiger partial charge in [-0.15, -0.1) is 0 Å². The minimum atomic E-state index is -0.634. The minimum Gasteiger partial charge on any atom is -0.489 e. The molecule has 0 bridgehead atoms. The van der Waals surface area contributed by atoms with Crippen molar-refractivity contribution in [3.8, 4) is 5.75 Å². The van der Waals surface area contributed by atoms with Crippen molar-refractivity contribution in [1.29, 1.82) is 0 Å². The van der Waals surface area contributed by atoms with Crippen molar-refractivity contribution < 1.29 is 9.84 Å². The van der Waals surface area contributed by atoms with Crippen molar-refractivity contribution >= 4 is 34.8 Å². The molecule has 0 saturated heterocycles. The Morgan fingerprint density at radius 2 is 1.74 bits per heavy atom. The largest absolute Gasteiger partial charge is 0.489 e. The van der Waals surface area contributed by atoms with E-state index in [0.29, 0.717) is 27.4 Å². The molecular weight excluding hydrogens is 309 g/mol. The second-order valence-corrected chi connectivity index (χ2v) is 6.51. The van der Waals surface area contributed by atoms with Gasteiger partial charge in [-0.25, -0.2) is 0 Å². The third kappa shape index (κ3) is 6.19. The van der Waals surface area contributed by atoms with Gasteiger partial charge in [-0.05, 0) is 26.8 Å². The summed E-state index contributed by atoms with van der Waals surface area (Å²) in [4.78, 5) is 0. The number of rotatable bonds is 5. The molecule has 0 heterocycles. The van der Waals surface area contributed by atoms with Gasteiger partial charge in [-0.3, -0.25) is 0 Å². The number of hydrogen-bond donors (Lipinski definition) is 2. The maximum absolute atomic E-state index is 9.80. The van der Waals surface area contributed by atoms with Crippen LogP contribution >= 0.6 is 34.8 Å². The highest BCUT2D eigenvalue weighted by atomic mass is 35.5. The van der Waals surface area contributed by atoms with Crippen molar-refractivity contribution in [2.75, 3.05) is 13.2 Å². The van der Waals surface area contributed by atoms with Crippen LogP contribution in [0.25, 0.3) is 0 Å². The summed E-state index contributed by atoms with van der Waals surface area (Å²) in [6.45, 7) is 6.63. The highest BCUT2D eigenvalue weighted by Gasteiger charge is 2.14. The monoisotopic (exact) mass is 325 g/mol. The number of nitrogens with one attached hydrogen (secondary N) is 1. The van der Waals surface area contributed by atoms with Gasteiger partial charge in [-0.2, -0.15) is 0 Å². The molecule has 6 heteroatoms. The summed E-state index contributed by atoms with van der Waals surface area (Å²) in [6.07, 6.45) is -0.634. The van der Waals surface area contributed by atoms with Gasteiger partial charge in [0.05, 0.1) is 15.1 Å². The number of halogens is 3. The van der Waals surface area contributed by atoms with E-state index >= 15 is 0 Å². The van der Waals surface area contributed by atoms with Crippen LogP contribution < -0.4 is 10.1 Å². The van der Waals surface area contributed by atoms with E-state index in [1.165, 1.54) is 12.1 Å². The predicted octanol–water partition coefficient (Wildman–Crippen LogP) is 3.77. The molecule has 0 aromatic heterocycles. The fourth-order valence-electron chi connectivity index (χ4n) is 1.28. The van der Waals surface area contributed by atoms with Gasteiger partial charge < -0.3 is 15.2 Å². The average Bonchev–Trinajstić information content (AvgIpc) is 2.28. The van der Waals surface area contributed by atoms with E-state index in [4.69, 9.17) is 39.5 Å². The van der Waals surface area contributed by atoms with Crippen LogP contribution in [0.3, 0.4) is 0 Å². The van der Waals surface area contributed by atoms with Crippen molar-refractivity contribution in [1.82, 2.24) is 5.32 Å². The molecule has 3 nitrogen and oxygen atoms in total. The Morgan fingerprint density at radius 3 is 2.32 bits per heavy atom. The van der Waals surface area contributed by atoms with Gasteiger partial charge >= 0.3 is 0 Å². The Hall–Kier alpha value is -0.190. The molecule has 0 aliphatic carbocycles. The summed E-state index contributed by atoms with van der Waals surface area (Å²) in [5.74, 6) is 0.408. The first-order valence-corrected chi connectivity index (χ1v) is 7.03. The third-order valence-corrected chi connectivity index (χ3v) is 3.29. The fourth-order valence-corrected chi connectivity index (χ4v) is 1.88. The molecule has 0 amide bonds. The van der Waals surface area contributed by atoms with Crippen LogP contribution in [0, 0.1) is 0 Å². The molecule has 0 aliphatic rings. The molecule has 0 aliphatic heterocycles. The van der Waals surface area contributed by atoms with Crippen molar-refractivity contribution in [2.24, 2.45) is 0 Å². The lowest BCUT2D eigenvalue weighted by atomic mass is 10.1. The predicted molar refractivity (Wildman–Crippen MR) is 80.7 cm³/mol. The topological polar surface area (TPSA) is 41.5 Å². The van der Waals surface area contributed by atoms with Crippen LogP contribution in [0.1, 0.15) is 20.8 Å². The molecule has 1 aromatic carbocycles. The molecule has 0 saturated carbocycles. The summed E-state index contributed by atoms with van der Waals surface area (Å²) in [5, 5.41) is 14.1. The SMILES string of the molecule is CC(C)(C)NCC(O)COc1cc(Cl)c(Cl)cc1Cl. The van der Waals surface area contributed by atoms with Crippen molar-refractivity contribution in [3.63, 3.8) is 0 Å². The number of ether oxygens (including phenoxy) is 1. The second-order valence-electron chi connectivity index (χ2n) is 5.29. The third-order valence-electron chi connectivity index (χ3n) is 2.27. The van der Waals surface area contributed by atoms with Crippen LogP contribution in [0.2, 0.25) is 15.1 Å². The number of hydrogen-bond acceptors (Lipinski definition) is 3. The zero-order chi connectivity index (χ0) is 14.6. The summed E-state index contributed by atoms with van der Waals surface area (Å²) >= 11 is 17.7. The quantitative estimate of drug-likeness (QED) is 0.809. The standard InChI is InChI=1S/C13H18Cl3NO2/c1-13(2,3)17-6-8(18)7-19-12-5-10(15)9(14)4-11(12)16/h4-5,8,17-18H,6-7H2,1-3H3. The van der Waals surface area contributed by atoms with E-state index in [-0.39, 0.29) is 12.1 Å². The van der Waals surface area contributed by atoms with Crippen LogP contribution in [-0.4, -0.2) is 29.9 Å². The Balaban J connectivity index is 2.51. The Morgan fingerprint density at radius 1 is 1.16 bits per heavy atom. The Bertz CT molecular complexity index is 433. The lowest BCUT2D eigenvalue weighted by Gasteiger charge is -2.23. The first-order chi connectivity index (χ1) is 8.69. The minimum absolute atomic E-state index is 0.0534. The van der Waals surface area contributed by atoms with E-state index < -0.39 is 6.10 Å². The lowest BCUT2D eigenvalue weighted by Crippen LogP contribution is -2.42. The molecule has 1 rings (SSSR count). The molecule has 1 unspecified atom stereocenters. The molecule has 108 valence electrons. The molecule has 1 atom stereocenters. The lowest BCUT2D eigenvalue weighted by molar-refractivity contribution is 0.100. The summed E-state index contributed by atoms with van der Waals surface area (Å²) in [7, 11) is 0. The Kier molecular flexibility index (Phi) is 6.21. The van der Waals surface area contributed by atoms with Gasteiger partial charge in [-0.1, -0.05) is 34.8 Å². The number of benzene rings is 1. The van der Waals surface area contributed by atoms with E-state index in [2.05, 4.69) is 5.32 Å². The number of aliphatic hydroxyl groups is 1. The summed E-state index contributed by atoms with van der Waals surface area (Å²) in [6, 6.07) is 3.05. The second kappa shape index (κ2) is 7.00. The first kappa shape index (κ1) is 16.9. The van der Waals surface area contributed by atoms with Crippen LogP contribution in [0.4, 0.5) is 0 Å². The van der Waals surface area contributed by atoms with E-state index in [9.17, 15) is 5.11 Å². The number of β-amino-alcohol motifs (C(OH)–C–C–N with tert-alkyl or cyclic N) is 1. The van der Waals surface area contributed by atoms with Gasteiger partial charge in [0.1, 0.15) is 18.5 Å². The van der Waals surface area contributed by atoms with Crippen LogP contribution in [0.15, 0.2) is 12.1 Å². The maximum Gasteiger partial charge on any atom is 0.139 e. The van der Waals surface area contributed by atoms with Gasteiger partial charge in [0.25, 0.3) is 0 Å². The average molecular weight is 327 g/mol. The molecule has 0 fully saturated rings. The van der Waals surface area contributed by atoms with Gasteiger partial charge in [0.15, 0.2) is 0 Å².